The van der Waals surface area contributed by atoms with Crippen molar-refractivity contribution in [1.82, 2.24) is 10.2 Å². The molecule has 0 bridgehead atoms. The lowest BCUT2D eigenvalue weighted by atomic mass is 9.94. The van der Waals surface area contributed by atoms with Crippen molar-refractivity contribution in [3.63, 3.8) is 0 Å². The highest BCUT2D eigenvalue weighted by Crippen LogP contribution is 2.45. The first kappa shape index (κ1) is 30.6. The van der Waals surface area contributed by atoms with Crippen LogP contribution in [-0.4, -0.2) is 33.1 Å². The number of thioether (sulfide) groups is 1. The van der Waals surface area contributed by atoms with Crippen molar-refractivity contribution < 1.29 is 28.6 Å². The number of aliphatic hydroxyl groups excluding tert-OH is 1. The molecule has 2 aliphatic heterocycles. The van der Waals surface area contributed by atoms with Crippen LogP contribution in [0.5, 0.6) is 11.5 Å². The van der Waals surface area contributed by atoms with Gasteiger partial charge in [0, 0.05) is 17.7 Å². The number of ketones is 1. The predicted molar refractivity (Wildman–Crippen MR) is 178 cm³/mol. The minimum absolute atomic E-state index is 0.00514. The van der Waals surface area contributed by atoms with E-state index in [-0.39, 0.29) is 28.4 Å². The number of Topliss-reactive ketones (excluding diaryl/α,β-unsaturated/α-hetero) is 1. The van der Waals surface area contributed by atoms with Gasteiger partial charge < -0.3 is 14.6 Å². The summed E-state index contributed by atoms with van der Waals surface area (Å²) in [6.45, 7) is 2.28. The predicted octanol–water partition coefficient (Wildman–Crippen LogP) is 7.50. The van der Waals surface area contributed by atoms with Crippen molar-refractivity contribution in [1.29, 1.82) is 0 Å². The van der Waals surface area contributed by atoms with E-state index in [1.165, 1.54) is 22.7 Å². The van der Waals surface area contributed by atoms with Crippen molar-refractivity contribution in [2.24, 2.45) is 0 Å². The lowest BCUT2D eigenvalue weighted by molar-refractivity contribution is -0.132. The highest BCUT2D eigenvalue weighted by molar-refractivity contribution is 8.00. The summed E-state index contributed by atoms with van der Waals surface area (Å²) in [7, 11) is 0. The Morgan fingerprint density at radius 2 is 1.83 bits per heavy atom. The van der Waals surface area contributed by atoms with Gasteiger partial charge in [0.2, 0.25) is 5.13 Å². The second-order valence-electron chi connectivity index (χ2n) is 11.2. The van der Waals surface area contributed by atoms with Crippen LogP contribution < -0.4 is 14.4 Å². The Hall–Kier alpha value is -5.00. The standard InChI is InChI=1S/C36H28FN3O5S2/c1-21-16-26-17-24(14-15-29(26)45-21)32(41)30-31(23-11-7-12-27(18-23)44-19-22-8-3-2-4-9-22)40(34(43)33(30)42)35-38-39-36(47-35)46-20-25-10-5-6-13-28(25)37/h2-15,17-18,21,31,41H,16,19-20H2,1H3/b32-30+/t21-,31+/m0/s1. The summed E-state index contributed by atoms with van der Waals surface area (Å²) in [6.07, 6.45) is 0.655. The lowest BCUT2D eigenvalue weighted by Crippen LogP contribution is -2.29. The van der Waals surface area contributed by atoms with E-state index in [4.69, 9.17) is 9.47 Å². The fourth-order valence-electron chi connectivity index (χ4n) is 5.70. The molecule has 7 rings (SSSR count). The lowest BCUT2D eigenvalue weighted by Gasteiger charge is -2.23. The molecule has 5 aromatic rings. The maximum Gasteiger partial charge on any atom is 0.301 e. The molecule has 1 amide bonds. The van der Waals surface area contributed by atoms with Gasteiger partial charge in [-0.3, -0.25) is 14.5 Å². The van der Waals surface area contributed by atoms with Crippen LogP contribution in [-0.2, 0) is 28.4 Å². The van der Waals surface area contributed by atoms with Crippen molar-refractivity contribution in [2.45, 2.75) is 42.2 Å². The molecule has 1 aromatic heterocycles. The summed E-state index contributed by atoms with van der Waals surface area (Å²) in [5, 5.41) is 20.4. The normalized spacial score (nSPS) is 18.3. The van der Waals surface area contributed by atoms with Crippen LogP contribution in [0.3, 0.4) is 0 Å². The van der Waals surface area contributed by atoms with Crippen molar-refractivity contribution in [3.8, 4) is 11.5 Å². The number of carbonyl (C=O) groups excluding carboxylic acids is 2. The van der Waals surface area contributed by atoms with Crippen LogP contribution in [0.2, 0.25) is 0 Å². The van der Waals surface area contributed by atoms with Gasteiger partial charge in [-0.2, -0.15) is 0 Å². The van der Waals surface area contributed by atoms with Crippen LogP contribution in [0.4, 0.5) is 9.52 Å². The Labute approximate surface area is 278 Å². The minimum atomic E-state index is -1.02. The van der Waals surface area contributed by atoms with Gasteiger partial charge in [-0.05, 0) is 65.6 Å². The molecule has 0 saturated carbocycles. The number of aromatic nitrogens is 2. The zero-order valence-electron chi connectivity index (χ0n) is 25.1. The Morgan fingerprint density at radius 1 is 1.02 bits per heavy atom. The molecule has 0 radical (unpaired) electrons. The molecule has 11 heteroatoms. The van der Waals surface area contributed by atoms with E-state index in [0.717, 1.165) is 28.2 Å². The number of aliphatic hydroxyl groups is 1. The first-order chi connectivity index (χ1) is 22.9. The Kier molecular flexibility index (Phi) is 8.48. The second kappa shape index (κ2) is 13.0. The van der Waals surface area contributed by atoms with E-state index in [2.05, 4.69) is 10.2 Å². The Morgan fingerprint density at radius 3 is 2.66 bits per heavy atom. The Bertz CT molecular complexity index is 2010. The van der Waals surface area contributed by atoms with Crippen LogP contribution >= 0.6 is 23.1 Å². The molecule has 2 aliphatic rings. The summed E-state index contributed by atoms with van der Waals surface area (Å²) in [6, 6.07) is 27.5. The zero-order chi connectivity index (χ0) is 32.5. The monoisotopic (exact) mass is 665 g/mol. The number of halogens is 1. The van der Waals surface area contributed by atoms with Crippen LogP contribution in [0.25, 0.3) is 5.76 Å². The van der Waals surface area contributed by atoms with E-state index in [1.807, 2.05) is 37.3 Å². The smallest absolute Gasteiger partial charge is 0.301 e. The molecule has 4 aromatic carbocycles. The number of hydrogen-bond acceptors (Lipinski definition) is 9. The van der Waals surface area contributed by atoms with Gasteiger partial charge in [0.05, 0.1) is 11.6 Å². The quantitative estimate of drug-likeness (QED) is 0.0568. The fraction of sp³-hybridized carbons (Fsp3) is 0.167. The number of anilines is 1. The van der Waals surface area contributed by atoms with E-state index in [1.54, 1.807) is 60.7 Å². The molecule has 236 valence electrons. The van der Waals surface area contributed by atoms with Crippen LogP contribution in [0.1, 0.15) is 40.8 Å². The molecule has 0 unspecified atom stereocenters. The van der Waals surface area contributed by atoms with E-state index < -0.39 is 17.7 Å². The van der Waals surface area contributed by atoms with Crippen molar-refractivity contribution >= 4 is 45.7 Å². The molecule has 1 N–H and O–H groups in total. The molecule has 1 fully saturated rings. The summed E-state index contributed by atoms with van der Waals surface area (Å²) < 4.78 is 26.6. The molecular formula is C36H28FN3O5S2. The average Bonchev–Trinajstić information content (AvgIpc) is 3.78. The van der Waals surface area contributed by atoms with Crippen LogP contribution in [0, 0.1) is 5.82 Å². The largest absolute Gasteiger partial charge is 0.507 e. The third-order valence-electron chi connectivity index (χ3n) is 7.95. The van der Waals surface area contributed by atoms with E-state index in [9.17, 15) is 19.1 Å². The summed E-state index contributed by atoms with van der Waals surface area (Å²) in [5.41, 5.74) is 3.27. The number of hydrogen-bond donors (Lipinski definition) is 1. The van der Waals surface area contributed by atoms with Gasteiger partial charge in [-0.15, -0.1) is 10.2 Å². The number of benzene rings is 4. The van der Waals surface area contributed by atoms with Gasteiger partial charge >= 0.3 is 5.91 Å². The summed E-state index contributed by atoms with van der Waals surface area (Å²) >= 11 is 2.39. The number of carbonyl (C=O) groups is 2. The minimum Gasteiger partial charge on any atom is -0.507 e. The maximum absolute atomic E-state index is 14.2. The zero-order valence-corrected chi connectivity index (χ0v) is 26.8. The number of amides is 1. The van der Waals surface area contributed by atoms with Gasteiger partial charge in [0.1, 0.15) is 35.8 Å². The molecular weight excluding hydrogens is 638 g/mol. The second-order valence-corrected chi connectivity index (χ2v) is 13.4. The SMILES string of the molecule is C[C@H]1Cc2cc(/C(O)=C3\C(=O)C(=O)N(c4nnc(SCc5ccccc5F)s4)[C@@H]3c3cccc(OCc4ccccc4)c3)ccc2O1. The molecule has 0 aliphatic carbocycles. The van der Waals surface area contributed by atoms with Crippen molar-refractivity contribution in [3.05, 3.63) is 136 Å². The molecule has 3 heterocycles. The van der Waals surface area contributed by atoms with Gasteiger partial charge in [0.25, 0.3) is 5.78 Å². The van der Waals surface area contributed by atoms with Gasteiger partial charge in [0.15, 0.2) is 4.34 Å². The van der Waals surface area contributed by atoms with E-state index in [0.29, 0.717) is 45.6 Å². The van der Waals surface area contributed by atoms with Crippen molar-refractivity contribution in [2.75, 3.05) is 4.90 Å². The third-order valence-corrected chi connectivity index (χ3v) is 10.1. The number of fused-ring (bicyclic) bond motifs is 1. The number of rotatable bonds is 9. The van der Waals surface area contributed by atoms with Gasteiger partial charge in [-0.25, -0.2) is 4.39 Å². The molecule has 1 saturated heterocycles. The van der Waals surface area contributed by atoms with E-state index >= 15 is 0 Å². The van der Waals surface area contributed by atoms with Gasteiger partial charge in [-0.1, -0.05) is 83.8 Å². The Balaban J connectivity index is 1.26. The average molecular weight is 666 g/mol. The maximum atomic E-state index is 14.2. The highest BCUT2D eigenvalue weighted by Gasteiger charge is 2.48. The highest BCUT2D eigenvalue weighted by atomic mass is 32.2. The third kappa shape index (κ3) is 6.24. The first-order valence-corrected chi connectivity index (χ1v) is 16.7. The number of ether oxygens (including phenoxy) is 2. The topological polar surface area (TPSA) is 102 Å². The summed E-state index contributed by atoms with van der Waals surface area (Å²) in [5.74, 6) is -0.742. The molecule has 2 atom stereocenters. The molecule has 47 heavy (non-hydrogen) atoms. The van der Waals surface area contributed by atoms with Crippen LogP contribution in [0.15, 0.2) is 107 Å². The molecule has 0 spiro atoms. The fourth-order valence-corrected chi connectivity index (χ4v) is 7.55. The first-order valence-electron chi connectivity index (χ1n) is 14.9. The molecule has 8 nitrogen and oxygen atoms in total. The number of nitrogens with zero attached hydrogens (tertiary/aromatic N) is 3. The summed E-state index contributed by atoms with van der Waals surface area (Å²) in [4.78, 5) is 28.8.